The second kappa shape index (κ2) is 5.52. The first-order valence-electron chi connectivity index (χ1n) is 5.64. The predicted octanol–water partition coefficient (Wildman–Crippen LogP) is 3.68. The summed E-state index contributed by atoms with van der Waals surface area (Å²) >= 11 is 11.8. The summed E-state index contributed by atoms with van der Waals surface area (Å²) in [5, 5.41) is 0.435. The highest BCUT2D eigenvalue weighted by Gasteiger charge is 2.17. The van der Waals surface area contributed by atoms with Gasteiger partial charge in [-0.15, -0.1) is 0 Å². The average Bonchev–Trinajstić information content (AvgIpc) is 2.38. The molecule has 0 aromatic heterocycles. The van der Waals surface area contributed by atoms with Gasteiger partial charge in [-0.05, 0) is 42.8 Å². The van der Waals surface area contributed by atoms with Crippen LogP contribution in [-0.2, 0) is 10.0 Å². The normalized spacial score (nSPS) is 11.3. The highest BCUT2D eigenvalue weighted by molar-refractivity contribution is 7.92. The van der Waals surface area contributed by atoms with Gasteiger partial charge in [-0.1, -0.05) is 29.3 Å². The van der Waals surface area contributed by atoms with Crippen molar-refractivity contribution < 1.29 is 8.42 Å². The van der Waals surface area contributed by atoms with E-state index in [0.29, 0.717) is 11.3 Å². The molecular formula is C13H12Cl2N2O2S. The van der Waals surface area contributed by atoms with E-state index in [1.165, 1.54) is 18.2 Å². The number of nitrogen functional groups attached to an aromatic ring is 1. The van der Waals surface area contributed by atoms with E-state index < -0.39 is 10.0 Å². The maximum Gasteiger partial charge on any atom is 0.261 e. The quantitative estimate of drug-likeness (QED) is 0.843. The number of hydrogen-bond acceptors (Lipinski definition) is 3. The Balaban J connectivity index is 2.41. The molecule has 0 aliphatic rings. The van der Waals surface area contributed by atoms with Crippen LogP contribution in [0, 0.1) is 6.92 Å². The molecule has 0 saturated heterocycles. The molecule has 0 amide bonds. The lowest BCUT2D eigenvalue weighted by Gasteiger charge is -2.11. The Hall–Kier alpha value is -1.43. The minimum atomic E-state index is -3.74. The van der Waals surface area contributed by atoms with Crippen LogP contribution in [0.5, 0.6) is 0 Å². The molecule has 0 unspecified atom stereocenters. The number of anilines is 2. The summed E-state index contributed by atoms with van der Waals surface area (Å²) in [6.45, 7) is 1.74. The van der Waals surface area contributed by atoms with Crippen molar-refractivity contribution in [1.82, 2.24) is 0 Å². The summed E-state index contributed by atoms with van der Waals surface area (Å²) in [6, 6.07) is 9.20. The van der Waals surface area contributed by atoms with Crippen molar-refractivity contribution in [3.05, 3.63) is 52.0 Å². The number of nitrogens with two attached hydrogens (primary N) is 1. The lowest BCUT2D eigenvalue weighted by molar-refractivity contribution is 0.601. The minimum absolute atomic E-state index is 0.111. The van der Waals surface area contributed by atoms with Crippen LogP contribution < -0.4 is 10.5 Å². The molecule has 0 radical (unpaired) electrons. The van der Waals surface area contributed by atoms with Gasteiger partial charge in [0.25, 0.3) is 10.0 Å². The number of aryl methyl sites for hydroxylation is 1. The largest absolute Gasteiger partial charge is 0.399 e. The third kappa shape index (κ3) is 3.00. The van der Waals surface area contributed by atoms with E-state index in [1.54, 1.807) is 25.1 Å². The Morgan fingerprint density at radius 1 is 1.15 bits per heavy atom. The number of hydrogen-bond donors (Lipinski definition) is 2. The zero-order valence-corrected chi connectivity index (χ0v) is 12.9. The molecule has 0 spiro atoms. The van der Waals surface area contributed by atoms with Crippen LogP contribution in [0.15, 0.2) is 41.3 Å². The maximum absolute atomic E-state index is 12.3. The van der Waals surface area contributed by atoms with Gasteiger partial charge in [0.15, 0.2) is 0 Å². The summed E-state index contributed by atoms with van der Waals surface area (Å²) in [7, 11) is -3.74. The van der Waals surface area contributed by atoms with Gasteiger partial charge in [-0.3, -0.25) is 4.72 Å². The Labute approximate surface area is 127 Å². The van der Waals surface area contributed by atoms with Gasteiger partial charge in [0, 0.05) is 5.69 Å². The van der Waals surface area contributed by atoms with Crippen LogP contribution >= 0.6 is 23.2 Å². The zero-order valence-electron chi connectivity index (χ0n) is 10.5. The number of benzene rings is 2. The molecular weight excluding hydrogens is 319 g/mol. The van der Waals surface area contributed by atoms with Crippen LogP contribution in [0.1, 0.15) is 5.56 Å². The van der Waals surface area contributed by atoms with Crippen molar-refractivity contribution >= 4 is 44.6 Å². The van der Waals surface area contributed by atoms with E-state index in [2.05, 4.69) is 4.72 Å². The summed E-state index contributed by atoms with van der Waals surface area (Å²) in [5.74, 6) is 0. The SMILES string of the molecule is Cc1cc(S(=O)(=O)Nc2cccc(Cl)c2Cl)ccc1N. The topological polar surface area (TPSA) is 72.2 Å². The molecule has 2 aromatic rings. The second-order valence-corrected chi connectivity index (χ2v) is 6.69. The van der Waals surface area contributed by atoms with Crippen molar-refractivity contribution in [1.29, 1.82) is 0 Å². The summed E-state index contributed by atoms with van der Waals surface area (Å²) in [6.07, 6.45) is 0. The smallest absolute Gasteiger partial charge is 0.261 e. The van der Waals surface area contributed by atoms with E-state index in [1.807, 2.05) is 0 Å². The van der Waals surface area contributed by atoms with Gasteiger partial charge in [-0.2, -0.15) is 0 Å². The number of halogens is 2. The van der Waals surface area contributed by atoms with Crippen LogP contribution in [-0.4, -0.2) is 8.42 Å². The first-order valence-corrected chi connectivity index (χ1v) is 7.88. The molecule has 20 heavy (non-hydrogen) atoms. The number of nitrogens with one attached hydrogen (secondary N) is 1. The third-order valence-corrected chi connectivity index (χ3v) is 4.93. The zero-order chi connectivity index (χ0) is 14.9. The van der Waals surface area contributed by atoms with Gasteiger partial charge in [0.2, 0.25) is 0 Å². The van der Waals surface area contributed by atoms with E-state index in [9.17, 15) is 8.42 Å². The minimum Gasteiger partial charge on any atom is -0.399 e. The fourth-order valence-corrected chi connectivity index (χ4v) is 3.16. The lowest BCUT2D eigenvalue weighted by Crippen LogP contribution is -2.13. The van der Waals surface area contributed by atoms with Gasteiger partial charge < -0.3 is 5.73 Å². The molecule has 0 aliphatic heterocycles. The van der Waals surface area contributed by atoms with E-state index >= 15 is 0 Å². The summed E-state index contributed by atoms with van der Waals surface area (Å²) in [5.41, 5.74) is 7.12. The molecule has 106 valence electrons. The Bertz CT molecular complexity index is 761. The predicted molar refractivity (Wildman–Crippen MR) is 82.9 cm³/mol. The van der Waals surface area contributed by atoms with Crippen LogP contribution in [0.4, 0.5) is 11.4 Å². The summed E-state index contributed by atoms with van der Waals surface area (Å²) < 4.78 is 27.0. The molecule has 0 saturated carbocycles. The van der Waals surface area contributed by atoms with Gasteiger partial charge in [0.1, 0.15) is 0 Å². The molecule has 0 bridgehead atoms. The highest BCUT2D eigenvalue weighted by Crippen LogP contribution is 2.31. The standard InChI is InChI=1S/C13H12Cl2N2O2S/c1-8-7-9(5-6-11(8)16)20(18,19)17-12-4-2-3-10(14)13(12)15/h2-7,17H,16H2,1H3. The van der Waals surface area contributed by atoms with Crippen LogP contribution in [0.3, 0.4) is 0 Å². The third-order valence-electron chi connectivity index (χ3n) is 2.75. The van der Waals surface area contributed by atoms with Gasteiger partial charge in [-0.25, -0.2) is 8.42 Å². The number of sulfonamides is 1. The Morgan fingerprint density at radius 3 is 2.50 bits per heavy atom. The molecule has 2 aromatic carbocycles. The van der Waals surface area contributed by atoms with Crippen molar-refractivity contribution in [2.24, 2.45) is 0 Å². The van der Waals surface area contributed by atoms with E-state index in [-0.39, 0.29) is 20.6 Å². The maximum atomic E-state index is 12.3. The van der Waals surface area contributed by atoms with Crippen LogP contribution in [0.25, 0.3) is 0 Å². The number of rotatable bonds is 3. The molecule has 4 nitrogen and oxygen atoms in total. The molecule has 0 heterocycles. The Morgan fingerprint density at radius 2 is 1.85 bits per heavy atom. The lowest BCUT2D eigenvalue weighted by atomic mass is 10.2. The molecule has 7 heteroatoms. The molecule has 2 rings (SSSR count). The van der Waals surface area contributed by atoms with E-state index in [4.69, 9.17) is 28.9 Å². The average molecular weight is 331 g/mol. The molecule has 3 N–H and O–H groups in total. The van der Waals surface area contributed by atoms with Crippen molar-refractivity contribution in [3.63, 3.8) is 0 Å². The fourth-order valence-electron chi connectivity index (χ4n) is 1.60. The van der Waals surface area contributed by atoms with Crippen molar-refractivity contribution in [2.75, 3.05) is 10.5 Å². The monoisotopic (exact) mass is 330 g/mol. The molecule has 0 fully saturated rings. The molecule has 0 atom stereocenters. The second-order valence-electron chi connectivity index (χ2n) is 4.23. The van der Waals surface area contributed by atoms with E-state index in [0.717, 1.165) is 0 Å². The van der Waals surface area contributed by atoms with Crippen LogP contribution in [0.2, 0.25) is 10.0 Å². The first-order chi connectivity index (χ1) is 9.31. The van der Waals surface area contributed by atoms with Crippen molar-refractivity contribution in [3.8, 4) is 0 Å². The Kier molecular flexibility index (Phi) is 4.13. The van der Waals surface area contributed by atoms with Gasteiger partial charge >= 0.3 is 0 Å². The molecule has 0 aliphatic carbocycles. The fraction of sp³-hybridized carbons (Fsp3) is 0.0769. The highest BCUT2D eigenvalue weighted by atomic mass is 35.5. The van der Waals surface area contributed by atoms with Crippen molar-refractivity contribution in [2.45, 2.75) is 11.8 Å². The van der Waals surface area contributed by atoms with Gasteiger partial charge in [0.05, 0.1) is 20.6 Å². The first kappa shape index (κ1) is 15.0. The summed E-state index contributed by atoms with van der Waals surface area (Å²) in [4.78, 5) is 0.111.